The predicted octanol–water partition coefficient (Wildman–Crippen LogP) is 11.3. The van der Waals surface area contributed by atoms with Crippen molar-refractivity contribution in [1.29, 1.82) is 0 Å². The van der Waals surface area contributed by atoms with E-state index in [0.717, 1.165) is 37.6 Å². The molecule has 0 aliphatic heterocycles. The van der Waals surface area contributed by atoms with Crippen LogP contribution in [0.25, 0.3) is 0 Å². The monoisotopic (exact) mass is 704 g/mol. The van der Waals surface area contributed by atoms with Crippen LogP contribution in [0, 0.1) is 0 Å². The first-order valence-electron chi connectivity index (χ1n) is 19.3. The van der Waals surface area contributed by atoms with Crippen molar-refractivity contribution in [2.45, 2.75) is 118 Å². The number of benzene rings is 4. The first-order valence-corrected chi connectivity index (χ1v) is 19.3. The van der Waals surface area contributed by atoms with Gasteiger partial charge in [-0.2, -0.15) is 0 Å². The van der Waals surface area contributed by atoms with Crippen LogP contribution in [0.15, 0.2) is 91.0 Å². The van der Waals surface area contributed by atoms with Crippen molar-refractivity contribution < 1.29 is 0 Å². The molecular formula is C47H69N5. The Morgan fingerprint density at radius 2 is 1.00 bits per heavy atom. The zero-order valence-electron chi connectivity index (χ0n) is 35.0. The molecule has 4 aromatic rings. The summed E-state index contributed by atoms with van der Waals surface area (Å²) in [5.74, 6) is 0. The number of nitrogens with two attached hydrogens (primary N) is 1. The molecule has 282 valence electrons. The molecule has 1 atom stereocenters. The van der Waals surface area contributed by atoms with E-state index in [-0.39, 0.29) is 27.8 Å². The highest BCUT2D eigenvalue weighted by Crippen LogP contribution is 2.39. The Balaban J connectivity index is 1.76. The van der Waals surface area contributed by atoms with Gasteiger partial charge in [0, 0.05) is 36.7 Å². The second kappa shape index (κ2) is 16.1. The first kappa shape index (κ1) is 41.0. The topological polar surface area (TPSA) is 47.8 Å². The summed E-state index contributed by atoms with van der Waals surface area (Å²) >= 11 is 0. The van der Waals surface area contributed by atoms with Crippen LogP contribution in [-0.2, 0) is 21.7 Å². The highest BCUT2D eigenvalue weighted by Gasteiger charge is 2.28. The molecule has 0 saturated heterocycles. The van der Waals surface area contributed by atoms with Crippen LogP contribution in [0.1, 0.15) is 112 Å². The van der Waals surface area contributed by atoms with E-state index < -0.39 is 0 Å². The van der Waals surface area contributed by atoms with Crippen LogP contribution < -0.4 is 20.9 Å². The summed E-state index contributed by atoms with van der Waals surface area (Å²) in [6.45, 7) is 33.4. The lowest BCUT2D eigenvalue weighted by molar-refractivity contribution is 0.264. The Morgan fingerprint density at radius 3 is 1.42 bits per heavy atom. The average Bonchev–Trinajstić information content (AvgIpc) is 3.06. The number of nitrogens with one attached hydrogen (secondary N) is 1. The van der Waals surface area contributed by atoms with E-state index in [1.165, 1.54) is 39.3 Å². The Bertz CT molecular complexity index is 1680. The molecule has 0 bridgehead atoms. The quantitative estimate of drug-likeness (QED) is 0.114. The van der Waals surface area contributed by atoms with Gasteiger partial charge >= 0.3 is 0 Å². The Kier molecular flexibility index (Phi) is 12.7. The van der Waals surface area contributed by atoms with Gasteiger partial charge in [-0.3, -0.25) is 10.2 Å². The highest BCUT2D eigenvalue weighted by atomic mass is 15.3. The summed E-state index contributed by atoms with van der Waals surface area (Å²) in [4.78, 5) is 7.51. The third-order valence-electron chi connectivity index (χ3n) is 10.3. The van der Waals surface area contributed by atoms with E-state index >= 15 is 0 Å². The van der Waals surface area contributed by atoms with Crippen molar-refractivity contribution in [3.63, 3.8) is 0 Å². The maximum absolute atomic E-state index is 6.73. The van der Waals surface area contributed by atoms with Gasteiger partial charge in [-0.25, -0.2) is 0 Å². The van der Waals surface area contributed by atoms with Crippen molar-refractivity contribution >= 4 is 28.4 Å². The molecule has 0 radical (unpaired) electrons. The third-order valence-corrected chi connectivity index (χ3v) is 10.3. The molecule has 5 heteroatoms. The van der Waals surface area contributed by atoms with Crippen molar-refractivity contribution in [1.82, 2.24) is 10.2 Å². The number of likely N-dealkylation sites (N-methyl/N-ethyl adjacent to an activating group) is 2. The van der Waals surface area contributed by atoms with E-state index in [1.807, 2.05) is 12.1 Å². The van der Waals surface area contributed by atoms with Crippen LogP contribution in [-0.4, -0.2) is 44.3 Å². The van der Waals surface area contributed by atoms with Crippen LogP contribution in [0.4, 0.5) is 28.4 Å². The number of hydrogen-bond donors (Lipinski definition) is 2. The number of para-hydroxylation sites is 3. The Hall–Kier alpha value is -3.80. The molecule has 0 aromatic heterocycles. The van der Waals surface area contributed by atoms with E-state index in [1.54, 1.807) is 0 Å². The SMILES string of the molecule is CCN(CCN(c1cc(C(C)(C)C)cc(C(C)(C)C)c1)c1ccccc1N)CC(NC)N(c1ccccc1)c1cc(C(C)(C)C)cc(C(C)(C)C)c1. The summed E-state index contributed by atoms with van der Waals surface area (Å²) in [6, 6.07) is 33.5. The molecular weight excluding hydrogens is 635 g/mol. The molecule has 0 aliphatic carbocycles. The van der Waals surface area contributed by atoms with Gasteiger partial charge in [-0.15, -0.1) is 0 Å². The molecule has 3 N–H and O–H groups in total. The summed E-state index contributed by atoms with van der Waals surface area (Å²) in [6.07, 6.45) is 0.0253. The highest BCUT2D eigenvalue weighted by molar-refractivity contribution is 5.75. The van der Waals surface area contributed by atoms with Crippen molar-refractivity contribution in [2.75, 3.05) is 48.8 Å². The lowest BCUT2D eigenvalue weighted by atomic mass is 9.80. The zero-order valence-corrected chi connectivity index (χ0v) is 35.0. The largest absolute Gasteiger partial charge is 0.397 e. The van der Waals surface area contributed by atoms with E-state index in [2.05, 4.69) is 196 Å². The van der Waals surface area contributed by atoms with Crippen LogP contribution in [0.3, 0.4) is 0 Å². The Labute approximate surface area is 317 Å². The van der Waals surface area contributed by atoms with Crippen molar-refractivity contribution in [3.05, 3.63) is 113 Å². The van der Waals surface area contributed by atoms with Gasteiger partial charge < -0.3 is 15.5 Å². The molecule has 52 heavy (non-hydrogen) atoms. The second-order valence-corrected chi connectivity index (χ2v) is 18.7. The van der Waals surface area contributed by atoms with Crippen LogP contribution in [0.2, 0.25) is 0 Å². The first-order chi connectivity index (χ1) is 24.1. The molecule has 5 nitrogen and oxygen atoms in total. The van der Waals surface area contributed by atoms with Crippen molar-refractivity contribution in [3.8, 4) is 0 Å². The molecule has 0 saturated carbocycles. The van der Waals surface area contributed by atoms with Gasteiger partial charge in [0.2, 0.25) is 0 Å². The normalized spacial score (nSPS) is 13.4. The van der Waals surface area contributed by atoms with Crippen LogP contribution >= 0.6 is 0 Å². The van der Waals surface area contributed by atoms with E-state index in [4.69, 9.17) is 5.73 Å². The molecule has 4 aromatic carbocycles. The van der Waals surface area contributed by atoms with Crippen LogP contribution in [0.5, 0.6) is 0 Å². The van der Waals surface area contributed by atoms with Crippen molar-refractivity contribution in [2.24, 2.45) is 0 Å². The van der Waals surface area contributed by atoms with Gasteiger partial charge in [-0.05, 0) is 106 Å². The molecule has 0 heterocycles. The fourth-order valence-corrected chi connectivity index (χ4v) is 6.64. The molecule has 0 amide bonds. The fraction of sp³-hybridized carbons (Fsp3) is 0.489. The standard InChI is InChI=1S/C47H69N5/c1-15-50(25-26-51(42-24-20-19-23-41(42)48)39-29-34(44(2,3)4)27-35(30-39)45(5,6)7)33-43(49-14)52(38-21-17-16-18-22-38)40-31-36(46(8,9)10)28-37(32-40)47(11,12)13/h16-24,27-32,43,49H,15,25-26,33,48H2,1-14H3. The summed E-state index contributed by atoms with van der Waals surface area (Å²) < 4.78 is 0. The number of anilines is 5. The average molecular weight is 704 g/mol. The smallest absolute Gasteiger partial charge is 0.0971 e. The number of hydrogen-bond acceptors (Lipinski definition) is 5. The minimum Gasteiger partial charge on any atom is -0.397 e. The maximum Gasteiger partial charge on any atom is 0.0971 e. The number of nitrogens with zero attached hydrogens (tertiary/aromatic N) is 3. The number of rotatable bonds is 12. The van der Waals surface area contributed by atoms with E-state index in [9.17, 15) is 0 Å². The molecule has 0 fully saturated rings. The summed E-state index contributed by atoms with van der Waals surface area (Å²) in [5.41, 5.74) is 17.6. The van der Waals surface area contributed by atoms with Gasteiger partial charge in [0.1, 0.15) is 0 Å². The minimum atomic E-state index is 0.0113. The summed E-state index contributed by atoms with van der Waals surface area (Å²) in [7, 11) is 2.09. The lowest BCUT2D eigenvalue weighted by Gasteiger charge is -2.39. The third kappa shape index (κ3) is 10.2. The van der Waals surface area contributed by atoms with Gasteiger partial charge in [0.05, 0.1) is 17.5 Å². The Morgan fingerprint density at radius 1 is 0.558 bits per heavy atom. The number of nitrogen functional groups attached to an aromatic ring is 1. The molecule has 0 spiro atoms. The molecule has 4 rings (SSSR count). The predicted molar refractivity (Wildman–Crippen MR) is 229 cm³/mol. The maximum atomic E-state index is 6.73. The van der Waals surface area contributed by atoms with Gasteiger partial charge in [-0.1, -0.05) is 132 Å². The minimum absolute atomic E-state index is 0.0113. The lowest BCUT2D eigenvalue weighted by Crippen LogP contribution is -2.50. The zero-order chi connectivity index (χ0) is 38.6. The van der Waals surface area contributed by atoms with Gasteiger partial charge in [0.15, 0.2) is 0 Å². The fourth-order valence-electron chi connectivity index (χ4n) is 6.64. The molecule has 1 unspecified atom stereocenters. The van der Waals surface area contributed by atoms with E-state index in [0.29, 0.717) is 0 Å². The second-order valence-electron chi connectivity index (χ2n) is 18.7. The summed E-state index contributed by atoms with van der Waals surface area (Å²) in [5, 5.41) is 3.74. The van der Waals surface area contributed by atoms with Gasteiger partial charge in [0.25, 0.3) is 0 Å². The molecule has 0 aliphatic rings.